The zero-order valence-electron chi connectivity index (χ0n) is 10.6. The van der Waals surface area contributed by atoms with E-state index in [1.54, 1.807) is 72.9 Å². The molecule has 3 aromatic rings. The molecule has 0 atom stereocenters. The van der Waals surface area contributed by atoms with Gasteiger partial charge in [-0.1, -0.05) is 41.6 Å². The van der Waals surface area contributed by atoms with E-state index in [1.165, 1.54) is 6.26 Å². The van der Waals surface area contributed by atoms with Crippen LogP contribution in [0, 0.1) is 0 Å². The first-order valence-electron chi connectivity index (χ1n) is 5.91. The standard InChI is InChI=1S/C12H10O2S.C3H3NO/c13-15(14,11-7-3-1-4-8-11)12-9-5-2-6-10-12;1-2-4-5-3-1/h1-10H;1-3H. The van der Waals surface area contributed by atoms with E-state index in [-0.39, 0.29) is 0 Å². The highest BCUT2D eigenvalue weighted by molar-refractivity contribution is 7.91. The summed E-state index contributed by atoms with van der Waals surface area (Å²) in [5, 5.41) is 3.35. The van der Waals surface area contributed by atoms with Crippen LogP contribution in [0.2, 0.25) is 0 Å². The molecule has 0 aliphatic carbocycles. The Balaban J connectivity index is 0.000000247. The van der Waals surface area contributed by atoms with Crippen LogP contribution in [-0.2, 0) is 9.84 Å². The lowest BCUT2D eigenvalue weighted by molar-refractivity contribution is 0.420. The van der Waals surface area contributed by atoms with Gasteiger partial charge in [-0.3, -0.25) is 0 Å². The van der Waals surface area contributed by atoms with E-state index < -0.39 is 9.84 Å². The lowest BCUT2D eigenvalue weighted by Crippen LogP contribution is -2.00. The van der Waals surface area contributed by atoms with Crippen molar-refractivity contribution in [2.24, 2.45) is 0 Å². The summed E-state index contributed by atoms with van der Waals surface area (Å²) in [5.74, 6) is 0. The van der Waals surface area contributed by atoms with Gasteiger partial charge in [0.25, 0.3) is 0 Å². The molecule has 1 heterocycles. The van der Waals surface area contributed by atoms with E-state index in [2.05, 4.69) is 9.68 Å². The van der Waals surface area contributed by atoms with Crippen LogP contribution >= 0.6 is 0 Å². The SMILES string of the molecule is O=S(=O)(c1ccccc1)c1ccccc1.c1cnoc1. The third-order valence-corrected chi connectivity index (χ3v) is 4.24. The van der Waals surface area contributed by atoms with Gasteiger partial charge in [0, 0.05) is 0 Å². The van der Waals surface area contributed by atoms with Crippen molar-refractivity contribution < 1.29 is 12.9 Å². The number of hydrogen-bond donors (Lipinski definition) is 0. The Bertz CT molecular complexity index is 646. The van der Waals surface area contributed by atoms with Gasteiger partial charge < -0.3 is 4.52 Å². The second kappa shape index (κ2) is 6.68. The number of hydrogen-bond acceptors (Lipinski definition) is 4. The molecule has 3 rings (SSSR count). The molecule has 0 bridgehead atoms. The van der Waals surface area contributed by atoms with Crippen LogP contribution in [0.1, 0.15) is 0 Å². The average Bonchev–Trinajstić information content (AvgIpc) is 3.09. The Morgan fingerprint density at radius 2 is 1.25 bits per heavy atom. The molecule has 2 aromatic carbocycles. The molecule has 0 N–H and O–H groups in total. The van der Waals surface area contributed by atoms with E-state index in [9.17, 15) is 8.42 Å². The second-order valence-electron chi connectivity index (χ2n) is 3.82. The van der Waals surface area contributed by atoms with Crippen LogP contribution in [0.5, 0.6) is 0 Å². The smallest absolute Gasteiger partial charge is 0.206 e. The maximum absolute atomic E-state index is 12.0. The predicted octanol–water partition coefficient (Wildman–Crippen LogP) is 3.19. The fraction of sp³-hybridized carbons (Fsp3) is 0. The van der Waals surface area contributed by atoms with E-state index in [0.29, 0.717) is 9.79 Å². The van der Waals surface area contributed by atoms with E-state index in [1.807, 2.05) is 0 Å². The van der Waals surface area contributed by atoms with Gasteiger partial charge in [0.05, 0.1) is 16.0 Å². The summed E-state index contributed by atoms with van der Waals surface area (Å²) in [7, 11) is -3.34. The molecule has 0 aliphatic rings. The molecule has 1 aromatic heterocycles. The average molecular weight is 287 g/mol. The van der Waals surface area contributed by atoms with Crippen LogP contribution in [0.4, 0.5) is 0 Å². The normalized spacial score (nSPS) is 10.4. The van der Waals surface area contributed by atoms with Crippen LogP contribution in [0.25, 0.3) is 0 Å². The van der Waals surface area contributed by atoms with Gasteiger partial charge in [-0.05, 0) is 30.3 Å². The number of nitrogens with zero attached hydrogens (tertiary/aromatic N) is 1. The van der Waals surface area contributed by atoms with Crippen molar-refractivity contribution in [1.29, 1.82) is 0 Å². The highest BCUT2D eigenvalue weighted by Crippen LogP contribution is 2.19. The second-order valence-corrected chi connectivity index (χ2v) is 5.77. The summed E-state index contributed by atoms with van der Waals surface area (Å²) in [6.45, 7) is 0. The Hall–Kier alpha value is -2.40. The summed E-state index contributed by atoms with van der Waals surface area (Å²) < 4.78 is 28.4. The minimum Gasteiger partial charge on any atom is -0.365 e. The maximum Gasteiger partial charge on any atom is 0.206 e. The molecule has 0 spiro atoms. The number of rotatable bonds is 2. The third kappa shape index (κ3) is 3.55. The lowest BCUT2D eigenvalue weighted by Gasteiger charge is -2.03. The van der Waals surface area contributed by atoms with Crippen molar-refractivity contribution in [1.82, 2.24) is 5.16 Å². The molecule has 0 saturated heterocycles. The molecule has 0 fully saturated rings. The van der Waals surface area contributed by atoms with Gasteiger partial charge in [-0.25, -0.2) is 8.42 Å². The van der Waals surface area contributed by atoms with Crippen molar-refractivity contribution in [2.75, 3.05) is 0 Å². The first-order chi connectivity index (χ1) is 9.71. The zero-order valence-corrected chi connectivity index (χ0v) is 11.4. The van der Waals surface area contributed by atoms with E-state index >= 15 is 0 Å². The van der Waals surface area contributed by atoms with Crippen molar-refractivity contribution in [3.8, 4) is 0 Å². The molecule has 0 amide bonds. The fourth-order valence-corrected chi connectivity index (χ4v) is 2.81. The molecule has 102 valence electrons. The van der Waals surface area contributed by atoms with Crippen LogP contribution in [0.3, 0.4) is 0 Å². The van der Waals surface area contributed by atoms with E-state index in [4.69, 9.17) is 0 Å². The number of benzene rings is 2. The van der Waals surface area contributed by atoms with Gasteiger partial charge in [0.2, 0.25) is 9.84 Å². The maximum atomic E-state index is 12.0. The minimum atomic E-state index is -3.34. The lowest BCUT2D eigenvalue weighted by atomic mass is 10.4. The Kier molecular flexibility index (Phi) is 4.68. The zero-order chi connectivity index (χ0) is 14.3. The molecule has 0 radical (unpaired) electrons. The van der Waals surface area contributed by atoms with Crippen molar-refractivity contribution in [3.63, 3.8) is 0 Å². The minimum absolute atomic E-state index is 0.330. The molecular formula is C15H13NO3S. The first kappa shape index (κ1) is 14.0. The van der Waals surface area contributed by atoms with Crippen LogP contribution in [0.15, 0.2) is 93.5 Å². The molecule has 0 saturated carbocycles. The first-order valence-corrected chi connectivity index (χ1v) is 7.39. The molecule has 5 heteroatoms. The highest BCUT2D eigenvalue weighted by atomic mass is 32.2. The van der Waals surface area contributed by atoms with E-state index in [0.717, 1.165) is 0 Å². The Morgan fingerprint density at radius 3 is 1.55 bits per heavy atom. The Labute approximate surface area is 117 Å². The predicted molar refractivity (Wildman–Crippen MR) is 74.8 cm³/mol. The molecule has 20 heavy (non-hydrogen) atoms. The van der Waals surface area contributed by atoms with Crippen molar-refractivity contribution in [2.45, 2.75) is 9.79 Å². The van der Waals surface area contributed by atoms with Gasteiger partial charge in [0.1, 0.15) is 6.26 Å². The van der Waals surface area contributed by atoms with Crippen molar-refractivity contribution >= 4 is 9.84 Å². The monoisotopic (exact) mass is 287 g/mol. The van der Waals surface area contributed by atoms with Gasteiger partial charge in [0.15, 0.2) is 0 Å². The third-order valence-electron chi connectivity index (χ3n) is 2.45. The Morgan fingerprint density at radius 1 is 0.750 bits per heavy atom. The molecule has 4 nitrogen and oxygen atoms in total. The largest absolute Gasteiger partial charge is 0.365 e. The van der Waals surface area contributed by atoms with Crippen LogP contribution in [-0.4, -0.2) is 13.6 Å². The summed E-state index contributed by atoms with van der Waals surface area (Å²) >= 11 is 0. The molecule has 0 aliphatic heterocycles. The van der Waals surface area contributed by atoms with Crippen LogP contribution < -0.4 is 0 Å². The highest BCUT2D eigenvalue weighted by Gasteiger charge is 2.15. The quantitative estimate of drug-likeness (QED) is 0.726. The van der Waals surface area contributed by atoms with Gasteiger partial charge in [-0.2, -0.15) is 0 Å². The summed E-state index contributed by atoms with van der Waals surface area (Å²) in [6.07, 6.45) is 3.10. The van der Waals surface area contributed by atoms with Gasteiger partial charge >= 0.3 is 0 Å². The fourth-order valence-electron chi connectivity index (χ4n) is 1.51. The number of sulfone groups is 1. The molecular weight excluding hydrogens is 274 g/mol. The summed E-state index contributed by atoms with van der Waals surface area (Å²) in [5.41, 5.74) is 0. The topological polar surface area (TPSA) is 60.2 Å². The van der Waals surface area contributed by atoms with Crippen molar-refractivity contribution in [3.05, 3.63) is 79.2 Å². The van der Waals surface area contributed by atoms with Gasteiger partial charge in [-0.15, -0.1) is 0 Å². The summed E-state index contributed by atoms with van der Waals surface area (Å²) in [6, 6.07) is 18.6. The number of aromatic nitrogens is 1. The summed E-state index contributed by atoms with van der Waals surface area (Å²) in [4.78, 5) is 0.660. The molecule has 0 unspecified atom stereocenters.